The minimum absolute atomic E-state index is 0.000556. The van der Waals surface area contributed by atoms with E-state index in [2.05, 4.69) is 14.7 Å². The molecule has 0 saturated carbocycles. The van der Waals surface area contributed by atoms with Gasteiger partial charge in [0.15, 0.2) is 4.90 Å². The quantitative estimate of drug-likeness (QED) is 0.747. The van der Waals surface area contributed by atoms with Crippen molar-refractivity contribution in [2.45, 2.75) is 11.8 Å². The molecule has 2 aromatic heterocycles. The lowest BCUT2D eigenvalue weighted by Gasteiger charge is -2.08. The Morgan fingerprint density at radius 3 is 2.50 bits per heavy atom. The van der Waals surface area contributed by atoms with Crippen LogP contribution in [0, 0.1) is 6.92 Å². The van der Waals surface area contributed by atoms with Crippen molar-refractivity contribution in [3.63, 3.8) is 0 Å². The molecule has 0 aromatic carbocycles. The largest absolute Gasteiger partial charge is 0.325 e. The molecule has 8 nitrogen and oxygen atoms in total. The second-order valence-electron chi connectivity index (χ2n) is 3.83. The molecule has 3 N–H and O–H groups in total. The van der Waals surface area contributed by atoms with Gasteiger partial charge >= 0.3 is 5.69 Å². The molecule has 0 bridgehead atoms. The molecular formula is C10H9ClN4O4S. The molecule has 20 heavy (non-hydrogen) atoms. The summed E-state index contributed by atoms with van der Waals surface area (Å²) in [6.07, 6.45) is 1.25. The minimum atomic E-state index is -4.17. The van der Waals surface area contributed by atoms with Gasteiger partial charge in [-0.25, -0.2) is 18.2 Å². The van der Waals surface area contributed by atoms with Gasteiger partial charge in [0, 0.05) is 11.9 Å². The van der Waals surface area contributed by atoms with Crippen LogP contribution in [-0.2, 0) is 10.0 Å². The van der Waals surface area contributed by atoms with E-state index >= 15 is 0 Å². The highest BCUT2D eigenvalue weighted by molar-refractivity contribution is 7.92. The molecule has 0 aliphatic carbocycles. The number of rotatable bonds is 3. The average Bonchev–Trinajstić information content (AvgIpc) is 2.30. The first kappa shape index (κ1) is 14.3. The number of nitrogens with zero attached hydrogens (tertiary/aromatic N) is 1. The third-order valence-electron chi connectivity index (χ3n) is 2.31. The number of nitrogens with one attached hydrogen (secondary N) is 3. The predicted octanol–water partition coefficient (Wildman–Crippen LogP) is 0.221. The van der Waals surface area contributed by atoms with Crippen molar-refractivity contribution in [3.05, 3.63) is 49.9 Å². The Kier molecular flexibility index (Phi) is 3.64. The number of H-pyrrole nitrogens is 2. The van der Waals surface area contributed by atoms with Gasteiger partial charge in [0.2, 0.25) is 0 Å². The lowest BCUT2D eigenvalue weighted by molar-refractivity contribution is 0.597. The number of hydrogen-bond donors (Lipinski definition) is 3. The van der Waals surface area contributed by atoms with Gasteiger partial charge in [-0.3, -0.25) is 14.5 Å². The number of aryl methyl sites for hydroxylation is 1. The lowest BCUT2D eigenvalue weighted by Crippen LogP contribution is -2.31. The molecule has 0 fully saturated rings. The number of hydrogen-bond acceptors (Lipinski definition) is 5. The van der Waals surface area contributed by atoms with Gasteiger partial charge in [0.1, 0.15) is 5.82 Å². The molecule has 2 aromatic rings. The van der Waals surface area contributed by atoms with Crippen molar-refractivity contribution < 1.29 is 8.42 Å². The number of pyridine rings is 1. The maximum Gasteiger partial charge on any atom is 0.325 e. The molecular weight excluding hydrogens is 308 g/mol. The summed E-state index contributed by atoms with van der Waals surface area (Å²) in [7, 11) is -4.17. The Hall–Kier alpha value is -2.13. The Bertz CT molecular complexity index is 854. The summed E-state index contributed by atoms with van der Waals surface area (Å²) in [6.45, 7) is 1.31. The van der Waals surface area contributed by atoms with Crippen LogP contribution in [0.15, 0.2) is 32.8 Å². The number of sulfonamides is 1. The second-order valence-corrected chi connectivity index (χ2v) is 5.89. The van der Waals surface area contributed by atoms with Crippen molar-refractivity contribution >= 4 is 27.4 Å². The molecule has 0 aliphatic rings. The fourth-order valence-corrected chi connectivity index (χ4v) is 2.90. The van der Waals surface area contributed by atoms with Crippen molar-refractivity contribution in [3.8, 4) is 0 Å². The Balaban J connectivity index is 2.49. The van der Waals surface area contributed by atoms with Crippen LogP contribution in [0.2, 0.25) is 5.02 Å². The fraction of sp³-hybridized carbons (Fsp3) is 0.100. The monoisotopic (exact) mass is 316 g/mol. The smallest absolute Gasteiger partial charge is 0.310 e. The topological polar surface area (TPSA) is 125 Å². The summed E-state index contributed by atoms with van der Waals surface area (Å²) in [4.78, 5) is 29.9. The van der Waals surface area contributed by atoms with E-state index in [-0.39, 0.29) is 11.5 Å². The average molecular weight is 317 g/mol. The van der Waals surface area contributed by atoms with E-state index in [1.807, 2.05) is 4.98 Å². The highest BCUT2D eigenvalue weighted by atomic mass is 35.5. The first-order valence-corrected chi connectivity index (χ1v) is 7.13. The van der Waals surface area contributed by atoms with E-state index < -0.39 is 26.2 Å². The fourth-order valence-electron chi connectivity index (χ4n) is 1.54. The Morgan fingerprint density at radius 1 is 1.25 bits per heavy atom. The first-order valence-electron chi connectivity index (χ1n) is 5.27. The minimum Gasteiger partial charge on any atom is -0.310 e. The molecule has 106 valence electrons. The third kappa shape index (κ3) is 2.89. The molecule has 0 aliphatic heterocycles. The van der Waals surface area contributed by atoms with E-state index in [1.54, 1.807) is 0 Å². The van der Waals surface area contributed by atoms with Crippen molar-refractivity contribution in [2.75, 3.05) is 4.72 Å². The van der Waals surface area contributed by atoms with Gasteiger partial charge < -0.3 is 4.98 Å². The van der Waals surface area contributed by atoms with Crippen LogP contribution in [0.4, 0.5) is 5.82 Å². The van der Waals surface area contributed by atoms with E-state index in [0.29, 0.717) is 5.02 Å². The van der Waals surface area contributed by atoms with Crippen LogP contribution in [0.5, 0.6) is 0 Å². The molecule has 0 amide bonds. The SMILES string of the molecule is Cc1[nH]c(=O)[nH]c(=O)c1S(=O)(=O)Nc1ccc(Cl)cn1. The zero-order chi connectivity index (χ0) is 14.9. The van der Waals surface area contributed by atoms with Crippen molar-refractivity contribution in [1.82, 2.24) is 15.0 Å². The summed E-state index contributed by atoms with van der Waals surface area (Å²) >= 11 is 5.63. The van der Waals surface area contributed by atoms with Crippen molar-refractivity contribution in [2.24, 2.45) is 0 Å². The molecule has 2 rings (SSSR count). The summed E-state index contributed by atoms with van der Waals surface area (Å²) in [5.74, 6) is -0.000556. The molecule has 0 radical (unpaired) electrons. The van der Waals surface area contributed by atoms with Crippen LogP contribution in [0.25, 0.3) is 0 Å². The van der Waals surface area contributed by atoms with Crippen LogP contribution < -0.4 is 16.0 Å². The number of aromatic nitrogens is 3. The summed E-state index contributed by atoms with van der Waals surface area (Å²) in [5.41, 5.74) is -1.86. The molecule has 0 atom stereocenters. The number of anilines is 1. The maximum absolute atomic E-state index is 12.1. The summed E-state index contributed by atoms with van der Waals surface area (Å²) in [5, 5.41) is 0.339. The zero-order valence-corrected chi connectivity index (χ0v) is 11.7. The van der Waals surface area contributed by atoms with Crippen LogP contribution in [0.3, 0.4) is 0 Å². The van der Waals surface area contributed by atoms with Gasteiger partial charge in [0.25, 0.3) is 15.6 Å². The normalized spacial score (nSPS) is 11.3. The number of halogens is 1. The van der Waals surface area contributed by atoms with E-state index in [9.17, 15) is 18.0 Å². The highest BCUT2D eigenvalue weighted by Gasteiger charge is 2.22. The van der Waals surface area contributed by atoms with Gasteiger partial charge in [-0.2, -0.15) is 0 Å². The molecule has 10 heteroatoms. The second kappa shape index (κ2) is 5.10. The summed E-state index contributed by atoms with van der Waals surface area (Å²) < 4.78 is 26.3. The van der Waals surface area contributed by atoms with E-state index in [4.69, 9.17) is 11.6 Å². The maximum atomic E-state index is 12.1. The molecule has 0 unspecified atom stereocenters. The molecule has 2 heterocycles. The van der Waals surface area contributed by atoms with E-state index in [0.717, 1.165) is 0 Å². The van der Waals surface area contributed by atoms with Crippen LogP contribution >= 0.6 is 11.6 Å². The lowest BCUT2D eigenvalue weighted by atomic mass is 10.4. The van der Waals surface area contributed by atoms with Gasteiger partial charge in [-0.15, -0.1) is 0 Å². The zero-order valence-electron chi connectivity index (χ0n) is 10.1. The Labute approximate surface area is 117 Å². The molecule has 0 spiro atoms. The van der Waals surface area contributed by atoms with Gasteiger partial charge in [0.05, 0.1) is 5.02 Å². The van der Waals surface area contributed by atoms with Gasteiger partial charge in [-0.05, 0) is 19.1 Å². The van der Waals surface area contributed by atoms with Crippen LogP contribution in [-0.4, -0.2) is 23.4 Å². The summed E-state index contributed by atoms with van der Waals surface area (Å²) in [6, 6.07) is 2.78. The first-order chi connectivity index (χ1) is 9.29. The Morgan fingerprint density at radius 2 is 1.95 bits per heavy atom. The highest BCUT2D eigenvalue weighted by Crippen LogP contribution is 2.14. The van der Waals surface area contributed by atoms with Crippen molar-refractivity contribution in [1.29, 1.82) is 0 Å². The van der Waals surface area contributed by atoms with Gasteiger partial charge in [-0.1, -0.05) is 11.6 Å². The number of aromatic amines is 2. The standard InChI is InChI=1S/C10H9ClN4O4S/c1-5-8(9(16)14-10(17)13-5)20(18,19)15-7-3-2-6(11)4-12-7/h2-4H,1H3,(H,12,15)(H2,13,14,16,17). The predicted molar refractivity (Wildman–Crippen MR) is 72.5 cm³/mol. The third-order valence-corrected chi connectivity index (χ3v) is 4.04. The van der Waals surface area contributed by atoms with E-state index in [1.165, 1.54) is 25.3 Å². The molecule has 0 saturated heterocycles. The van der Waals surface area contributed by atoms with Crippen LogP contribution in [0.1, 0.15) is 5.69 Å².